The molecule has 0 heterocycles. The van der Waals surface area contributed by atoms with E-state index < -0.39 is 10.0 Å². The van der Waals surface area contributed by atoms with Crippen molar-refractivity contribution in [3.8, 4) is 0 Å². The molecule has 0 saturated heterocycles. The van der Waals surface area contributed by atoms with Gasteiger partial charge >= 0.3 is 0 Å². The molecule has 0 saturated carbocycles. The van der Waals surface area contributed by atoms with Gasteiger partial charge in [0, 0.05) is 7.05 Å². The first kappa shape index (κ1) is 15.5. The van der Waals surface area contributed by atoms with Crippen LogP contribution in [0.5, 0.6) is 0 Å². The van der Waals surface area contributed by atoms with Gasteiger partial charge in [-0.3, -0.25) is 5.43 Å². The fourth-order valence-corrected chi connectivity index (χ4v) is 1.65. The third-order valence-electron chi connectivity index (χ3n) is 2.13. The Morgan fingerprint density at radius 3 is 2.47 bits per heavy atom. The van der Waals surface area contributed by atoms with E-state index in [0.717, 1.165) is 11.8 Å². The molecule has 6 nitrogen and oxygen atoms in total. The Balaban J connectivity index is 2.88. The maximum atomic E-state index is 11.1. The van der Waals surface area contributed by atoms with Crippen molar-refractivity contribution in [1.82, 2.24) is 15.5 Å². The highest BCUT2D eigenvalue weighted by Gasteiger charge is 2.07. The van der Waals surface area contributed by atoms with E-state index in [9.17, 15) is 8.42 Å². The van der Waals surface area contributed by atoms with Crippen LogP contribution in [0.3, 0.4) is 0 Å². The molecule has 0 aliphatic heterocycles. The normalized spacial score (nSPS) is 12.0. The molecule has 0 fully saturated rings. The van der Waals surface area contributed by atoms with Crippen LogP contribution in [0.15, 0.2) is 35.4 Å². The predicted octanol–water partition coefficient (Wildman–Crippen LogP) is 0.0338. The van der Waals surface area contributed by atoms with Crippen LogP contribution < -0.4 is 15.5 Å². The number of nitrogens with zero attached hydrogens (tertiary/aromatic N) is 1. The van der Waals surface area contributed by atoms with Crippen LogP contribution in [0.4, 0.5) is 0 Å². The second kappa shape index (κ2) is 7.17. The second-order valence-electron chi connectivity index (χ2n) is 3.71. The number of sulfonamides is 1. The van der Waals surface area contributed by atoms with E-state index in [1.807, 2.05) is 30.3 Å². The minimum atomic E-state index is -3.28. The number of hydrogen-bond acceptors (Lipinski definition) is 4. The van der Waals surface area contributed by atoms with Crippen molar-refractivity contribution < 1.29 is 8.42 Å². The Labute approximate surface area is 118 Å². The summed E-state index contributed by atoms with van der Waals surface area (Å²) in [6.45, 7) is 0.0855. The highest BCUT2D eigenvalue weighted by atomic mass is 32.2. The lowest BCUT2D eigenvalue weighted by Crippen LogP contribution is -2.33. The SMILES string of the molecule is CNC(=S)NN=C(CNS(C)(=O)=O)c1ccccc1. The number of nitrogens with one attached hydrogen (secondary N) is 3. The fraction of sp³-hybridized carbons (Fsp3) is 0.273. The van der Waals surface area contributed by atoms with E-state index >= 15 is 0 Å². The molecule has 0 aromatic heterocycles. The van der Waals surface area contributed by atoms with Gasteiger partial charge in [-0.25, -0.2) is 13.1 Å². The van der Waals surface area contributed by atoms with Crippen LogP contribution in [0.1, 0.15) is 5.56 Å². The molecule has 19 heavy (non-hydrogen) atoms. The molecular weight excluding hydrogens is 284 g/mol. The van der Waals surface area contributed by atoms with Crippen LogP contribution in [0.2, 0.25) is 0 Å². The zero-order valence-electron chi connectivity index (χ0n) is 10.7. The lowest BCUT2D eigenvalue weighted by Gasteiger charge is -2.08. The molecule has 1 aromatic rings. The largest absolute Gasteiger partial charge is 0.364 e. The van der Waals surface area contributed by atoms with Gasteiger partial charge in [0.2, 0.25) is 10.0 Å². The van der Waals surface area contributed by atoms with Gasteiger partial charge in [0.05, 0.1) is 18.5 Å². The standard InChI is InChI=1S/C11H16N4O2S2/c1-12-11(18)15-14-10(8-13-19(2,16)17)9-6-4-3-5-7-9/h3-7,13H,8H2,1-2H3,(H2,12,15,18). The summed E-state index contributed by atoms with van der Waals surface area (Å²) in [5.41, 5.74) is 4.00. The lowest BCUT2D eigenvalue weighted by atomic mass is 10.1. The number of benzene rings is 1. The van der Waals surface area contributed by atoms with Crippen molar-refractivity contribution in [2.75, 3.05) is 19.8 Å². The summed E-state index contributed by atoms with van der Waals surface area (Å²) >= 11 is 4.91. The van der Waals surface area contributed by atoms with E-state index in [1.54, 1.807) is 7.05 Å². The first-order chi connectivity index (χ1) is 8.92. The van der Waals surface area contributed by atoms with Gasteiger partial charge in [-0.1, -0.05) is 30.3 Å². The Morgan fingerprint density at radius 1 is 1.32 bits per heavy atom. The number of hydrogen-bond donors (Lipinski definition) is 3. The van der Waals surface area contributed by atoms with Gasteiger partial charge in [-0.15, -0.1) is 0 Å². The summed E-state index contributed by atoms with van der Waals surface area (Å²) in [5.74, 6) is 0. The average Bonchev–Trinajstić information content (AvgIpc) is 2.38. The van der Waals surface area contributed by atoms with Crippen LogP contribution in [-0.2, 0) is 10.0 Å². The van der Waals surface area contributed by atoms with Gasteiger partial charge in [-0.05, 0) is 17.8 Å². The molecule has 0 spiro atoms. The molecular formula is C11H16N4O2S2. The third kappa shape index (κ3) is 6.27. The van der Waals surface area contributed by atoms with Crippen LogP contribution >= 0.6 is 12.2 Å². The van der Waals surface area contributed by atoms with Gasteiger partial charge in [0.15, 0.2) is 5.11 Å². The molecule has 0 aliphatic rings. The van der Waals surface area contributed by atoms with Crippen molar-refractivity contribution in [1.29, 1.82) is 0 Å². The maximum Gasteiger partial charge on any atom is 0.209 e. The van der Waals surface area contributed by atoms with Gasteiger partial charge < -0.3 is 5.32 Å². The summed E-state index contributed by atoms with van der Waals surface area (Å²) in [7, 11) is -1.61. The zero-order chi connectivity index (χ0) is 14.3. The number of hydrazone groups is 1. The van der Waals surface area contributed by atoms with Crippen molar-refractivity contribution in [2.45, 2.75) is 0 Å². The predicted molar refractivity (Wildman–Crippen MR) is 80.6 cm³/mol. The van der Waals surface area contributed by atoms with Crippen LogP contribution in [0, 0.1) is 0 Å². The van der Waals surface area contributed by atoms with Gasteiger partial charge in [0.25, 0.3) is 0 Å². The summed E-state index contributed by atoms with van der Waals surface area (Å²) in [6, 6.07) is 9.25. The van der Waals surface area contributed by atoms with Crippen LogP contribution in [-0.4, -0.2) is 39.1 Å². The Kier molecular flexibility index (Phi) is 5.87. The molecule has 8 heteroatoms. The molecule has 3 N–H and O–H groups in total. The van der Waals surface area contributed by atoms with E-state index in [4.69, 9.17) is 12.2 Å². The molecule has 0 amide bonds. The molecule has 0 bridgehead atoms. The maximum absolute atomic E-state index is 11.1. The molecule has 0 radical (unpaired) electrons. The van der Waals surface area contributed by atoms with Gasteiger partial charge in [-0.2, -0.15) is 5.10 Å². The summed E-state index contributed by atoms with van der Waals surface area (Å²) in [4.78, 5) is 0. The number of rotatable bonds is 5. The van der Waals surface area contributed by atoms with E-state index in [-0.39, 0.29) is 6.54 Å². The monoisotopic (exact) mass is 300 g/mol. The summed E-state index contributed by atoms with van der Waals surface area (Å²) < 4.78 is 24.7. The Hall–Kier alpha value is -1.51. The lowest BCUT2D eigenvalue weighted by molar-refractivity contribution is 0.592. The number of thiocarbonyl (C=S) groups is 1. The van der Waals surface area contributed by atoms with Gasteiger partial charge in [0.1, 0.15) is 0 Å². The minimum Gasteiger partial charge on any atom is -0.364 e. The highest BCUT2D eigenvalue weighted by molar-refractivity contribution is 7.88. The van der Waals surface area contributed by atoms with Crippen molar-refractivity contribution >= 4 is 33.1 Å². The molecule has 1 aromatic carbocycles. The Morgan fingerprint density at radius 2 is 1.95 bits per heavy atom. The van der Waals surface area contributed by atoms with E-state index in [1.165, 1.54) is 0 Å². The fourth-order valence-electron chi connectivity index (χ4n) is 1.21. The smallest absolute Gasteiger partial charge is 0.209 e. The van der Waals surface area contributed by atoms with Crippen LogP contribution in [0.25, 0.3) is 0 Å². The first-order valence-corrected chi connectivity index (χ1v) is 7.76. The highest BCUT2D eigenvalue weighted by Crippen LogP contribution is 2.00. The average molecular weight is 300 g/mol. The van der Waals surface area contributed by atoms with Crippen molar-refractivity contribution in [3.63, 3.8) is 0 Å². The minimum absolute atomic E-state index is 0.0855. The zero-order valence-corrected chi connectivity index (χ0v) is 12.3. The molecule has 0 aliphatic carbocycles. The first-order valence-electron chi connectivity index (χ1n) is 5.46. The molecule has 0 unspecified atom stereocenters. The van der Waals surface area contributed by atoms with Crippen molar-refractivity contribution in [2.24, 2.45) is 5.10 Å². The third-order valence-corrected chi connectivity index (χ3v) is 3.09. The van der Waals surface area contributed by atoms with E-state index in [2.05, 4.69) is 20.6 Å². The van der Waals surface area contributed by atoms with E-state index in [0.29, 0.717) is 10.8 Å². The molecule has 104 valence electrons. The Bertz CT molecular complexity index is 555. The molecule has 1 rings (SSSR count). The summed E-state index contributed by atoms with van der Waals surface area (Å²) in [6.07, 6.45) is 1.10. The second-order valence-corrected chi connectivity index (χ2v) is 5.95. The quantitative estimate of drug-likeness (QED) is 0.406. The summed E-state index contributed by atoms with van der Waals surface area (Å²) in [5, 5.41) is 7.18. The molecule has 0 atom stereocenters. The van der Waals surface area contributed by atoms with Crippen molar-refractivity contribution in [3.05, 3.63) is 35.9 Å². The topological polar surface area (TPSA) is 82.6 Å².